The molecule has 10 rings (SSSR count). The average molecular weight is 732 g/mol. The Morgan fingerprint density at radius 2 is 0.625 bits per heavy atom. The van der Waals surface area contributed by atoms with Crippen molar-refractivity contribution < 1.29 is 0 Å². The van der Waals surface area contributed by atoms with Gasteiger partial charge in [-0.25, -0.2) is 0 Å². The highest BCUT2D eigenvalue weighted by molar-refractivity contribution is 7.26. The fourth-order valence-electron chi connectivity index (χ4n) is 7.80. The summed E-state index contributed by atoms with van der Waals surface area (Å²) in [6.07, 6.45) is 0. The van der Waals surface area contributed by atoms with Crippen molar-refractivity contribution in [3.05, 3.63) is 224 Å². The van der Waals surface area contributed by atoms with E-state index in [2.05, 4.69) is 229 Å². The molecule has 1 nitrogen and oxygen atoms in total. The summed E-state index contributed by atoms with van der Waals surface area (Å²) in [5.74, 6) is 0. The first-order valence-electron chi connectivity index (χ1n) is 19.1. The summed E-state index contributed by atoms with van der Waals surface area (Å²) < 4.78 is 2.63. The molecule has 0 radical (unpaired) electrons. The van der Waals surface area contributed by atoms with Crippen molar-refractivity contribution in [2.75, 3.05) is 4.90 Å². The Kier molecular flexibility index (Phi) is 8.79. The van der Waals surface area contributed by atoms with Crippen molar-refractivity contribution in [3.63, 3.8) is 0 Å². The van der Waals surface area contributed by atoms with Gasteiger partial charge >= 0.3 is 0 Å². The summed E-state index contributed by atoms with van der Waals surface area (Å²) in [6, 6.07) is 81.2. The molecule has 9 aromatic carbocycles. The van der Waals surface area contributed by atoms with Crippen LogP contribution < -0.4 is 4.90 Å². The summed E-state index contributed by atoms with van der Waals surface area (Å²) in [4.78, 5) is 2.35. The second-order valence-corrected chi connectivity index (χ2v) is 15.2. The topological polar surface area (TPSA) is 3.24 Å². The van der Waals surface area contributed by atoms with Crippen molar-refractivity contribution in [2.45, 2.75) is 0 Å². The fraction of sp³-hybridized carbons (Fsp3) is 0. The molecule has 0 fully saturated rings. The zero-order chi connectivity index (χ0) is 37.3. The van der Waals surface area contributed by atoms with Crippen LogP contribution in [0.3, 0.4) is 0 Å². The molecule has 0 saturated heterocycles. The molecule has 264 valence electrons. The van der Waals surface area contributed by atoms with Gasteiger partial charge in [-0.05, 0) is 105 Å². The lowest BCUT2D eigenvalue weighted by molar-refractivity contribution is 1.28. The largest absolute Gasteiger partial charge is 0.311 e. The zero-order valence-corrected chi connectivity index (χ0v) is 31.5. The van der Waals surface area contributed by atoms with E-state index in [1.807, 2.05) is 11.3 Å². The summed E-state index contributed by atoms with van der Waals surface area (Å²) in [5, 5.41) is 2.60. The molecule has 1 aromatic heterocycles. The van der Waals surface area contributed by atoms with Crippen LogP contribution >= 0.6 is 11.3 Å². The Bertz CT molecular complexity index is 2810. The van der Waals surface area contributed by atoms with Crippen LogP contribution in [0.1, 0.15) is 0 Å². The number of hydrogen-bond donors (Lipinski definition) is 0. The van der Waals surface area contributed by atoms with Gasteiger partial charge in [0.25, 0.3) is 0 Å². The minimum Gasteiger partial charge on any atom is -0.311 e. The summed E-state index contributed by atoms with van der Waals surface area (Å²) in [5.41, 5.74) is 15.5. The minimum absolute atomic E-state index is 1.10. The van der Waals surface area contributed by atoms with Gasteiger partial charge in [-0.3, -0.25) is 0 Å². The molecule has 0 spiro atoms. The molecule has 0 unspecified atom stereocenters. The number of anilines is 3. The zero-order valence-electron chi connectivity index (χ0n) is 30.7. The second-order valence-electron chi connectivity index (χ2n) is 14.2. The summed E-state index contributed by atoms with van der Waals surface area (Å²) in [7, 11) is 0. The third-order valence-electron chi connectivity index (χ3n) is 10.7. The molecule has 56 heavy (non-hydrogen) atoms. The van der Waals surface area contributed by atoms with Crippen LogP contribution in [0.4, 0.5) is 17.1 Å². The van der Waals surface area contributed by atoms with Gasteiger partial charge in [-0.15, -0.1) is 11.3 Å². The number of rotatable bonds is 8. The fourth-order valence-corrected chi connectivity index (χ4v) is 9.02. The Labute approximate surface area is 332 Å². The van der Waals surface area contributed by atoms with Crippen LogP contribution in [0.2, 0.25) is 0 Å². The van der Waals surface area contributed by atoms with Gasteiger partial charge in [-0.1, -0.05) is 170 Å². The van der Waals surface area contributed by atoms with E-state index >= 15 is 0 Å². The molecule has 0 bridgehead atoms. The molecule has 1 heterocycles. The van der Waals surface area contributed by atoms with Gasteiger partial charge in [0.15, 0.2) is 0 Å². The highest BCUT2D eigenvalue weighted by Gasteiger charge is 2.17. The highest BCUT2D eigenvalue weighted by Crippen LogP contribution is 2.44. The van der Waals surface area contributed by atoms with E-state index in [0.29, 0.717) is 0 Å². The predicted molar refractivity (Wildman–Crippen MR) is 241 cm³/mol. The van der Waals surface area contributed by atoms with Crippen LogP contribution in [0.5, 0.6) is 0 Å². The van der Waals surface area contributed by atoms with E-state index in [0.717, 1.165) is 17.1 Å². The van der Waals surface area contributed by atoms with Crippen molar-refractivity contribution in [2.24, 2.45) is 0 Å². The molecule has 0 amide bonds. The first-order chi connectivity index (χ1) is 27.7. The lowest BCUT2D eigenvalue weighted by Gasteiger charge is -2.26. The van der Waals surface area contributed by atoms with Gasteiger partial charge in [0.1, 0.15) is 0 Å². The van der Waals surface area contributed by atoms with E-state index < -0.39 is 0 Å². The first kappa shape index (κ1) is 33.6. The molecule has 0 atom stereocenters. The SMILES string of the molecule is c1ccc(-c2ccc(-c3cc(-c4ccc(N(c5ccc(-c6ccccc6)cc5)c5ccc(-c6ccccc6)cc5)cc4)cc4c3sc3ccccc34)cc2)cc1. The maximum atomic E-state index is 2.38. The molecule has 0 saturated carbocycles. The molecular formula is C54H37NS. The maximum absolute atomic E-state index is 2.38. The Morgan fingerprint density at radius 3 is 1.09 bits per heavy atom. The standard InChI is InChI=1S/C54H37NS/c1-4-12-38(13-5-1)41-20-22-45(23-21-41)51-36-46(37-52-50-18-10-11-19-53(50)56-54(51)52)44-28-34-49(35-29-44)55(47-30-24-42(25-31-47)39-14-6-2-7-15-39)48-32-26-43(27-33-48)40-16-8-3-9-17-40/h1-37H. The first-order valence-corrected chi connectivity index (χ1v) is 19.9. The lowest BCUT2D eigenvalue weighted by Crippen LogP contribution is -2.09. The van der Waals surface area contributed by atoms with E-state index in [-0.39, 0.29) is 0 Å². The van der Waals surface area contributed by atoms with E-state index in [9.17, 15) is 0 Å². The van der Waals surface area contributed by atoms with Crippen LogP contribution in [-0.4, -0.2) is 0 Å². The molecule has 0 aliphatic carbocycles. The normalized spacial score (nSPS) is 11.2. The van der Waals surface area contributed by atoms with Crippen LogP contribution in [0.15, 0.2) is 224 Å². The van der Waals surface area contributed by atoms with Gasteiger partial charge in [0.05, 0.1) is 0 Å². The van der Waals surface area contributed by atoms with E-state index in [1.54, 1.807) is 0 Å². The number of nitrogens with zero attached hydrogens (tertiary/aromatic N) is 1. The van der Waals surface area contributed by atoms with Gasteiger partial charge in [0.2, 0.25) is 0 Å². The quantitative estimate of drug-likeness (QED) is 0.150. The number of benzene rings is 9. The third kappa shape index (κ3) is 6.47. The summed E-state index contributed by atoms with van der Waals surface area (Å²) in [6.45, 7) is 0. The molecule has 0 aliphatic heterocycles. The molecule has 10 aromatic rings. The summed E-state index contributed by atoms with van der Waals surface area (Å²) >= 11 is 1.88. The smallest absolute Gasteiger partial charge is 0.0462 e. The predicted octanol–water partition coefficient (Wildman–Crippen LogP) is 15.9. The maximum Gasteiger partial charge on any atom is 0.0462 e. The van der Waals surface area contributed by atoms with Crippen molar-refractivity contribution in [1.82, 2.24) is 0 Å². The Hall–Kier alpha value is -7.00. The number of hydrogen-bond acceptors (Lipinski definition) is 2. The highest BCUT2D eigenvalue weighted by atomic mass is 32.1. The van der Waals surface area contributed by atoms with Gasteiger partial charge in [0, 0.05) is 42.8 Å². The number of fused-ring (bicyclic) bond motifs is 3. The van der Waals surface area contributed by atoms with Gasteiger partial charge in [-0.2, -0.15) is 0 Å². The Morgan fingerprint density at radius 1 is 0.268 bits per heavy atom. The molecular weight excluding hydrogens is 695 g/mol. The lowest BCUT2D eigenvalue weighted by atomic mass is 9.94. The van der Waals surface area contributed by atoms with Crippen LogP contribution in [0, 0.1) is 0 Å². The van der Waals surface area contributed by atoms with Gasteiger partial charge < -0.3 is 4.90 Å². The average Bonchev–Trinajstić information content (AvgIpc) is 3.67. The van der Waals surface area contributed by atoms with Crippen LogP contribution in [-0.2, 0) is 0 Å². The number of thiophene rings is 1. The monoisotopic (exact) mass is 731 g/mol. The molecule has 0 N–H and O–H groups in total. The van der Waals surface area contributed by atoms with E-state index in [1.165, 1.54) is 75.8 Å². The van der Waals surface area contributed by atoms with Crippen LogP contribution in [0.25, 0.3) is 75.8 Å². The minimum atomic E-state index is 1.10. The van der Waals surface area contributed by atoms with Crippen molar-refractivity contribution >= 4 is 48.6 Å². The third-order valence-corrected chi connectivity index (χ3v) is 11.9. The van der Waals surface area contributed by atoms with E-state index in [4.69, 9.17) is 0 Å². The van der Waals surface area contributed by atoms with Crippen molar-refractivity contribution in [1.29, 1.82) is 0 Å². The molecule has 2 heteroatoms. The van der Waals surface area contributed by atoms with Crippen molar-refractivity contribution in [3.8, 4) is 55.6 Å². The second kappa shape index (κ2) is 14.7. The molecule has 0 aliphatic rings. The Balaban J connectivity index is 1.05.